The normalized spacial score (nSPS) is 11.7. The van der Waals surface area contributed by atoms with E-state index in [4.69, 9.17) is 11.5 Å². The minimum atomic E-state index is 0.326. The number of benzene rings is 2. The van der Waals surface area contributed by atoms with Gasteiger partial charge in [-0.25, -0.2) is 4.99 Å². The molecule has 0 aliphatic heterocycles. The van der Waals surface area contributed by atoms with Crippen molar-refractivity contribution < 1.29 is 0 Å². The highest BCUT2D eigenvalue weighted by Gasteiger charge is 2.10. The van der Waals surface area contributed by atoms with Gasteiger partial charge in [0.25, 0.3) is 0 Å². The van der Waals surface area contributed by atoms with Crippen LogP contribution in [0, 0.1) is 20.8 Å². The molecular weight excluding hydrogens is 314 g/mol. The number of hydrogen-bond acceptors (Lipinski definition) is 2. The molecule has 0 heterocycles. The van der Waals surface area contributed by atoms with Crippen molar-refractivity contribution in [3.63, 3.8) is 0 Å². The fourth-order valence-corrected chi connectivity index (χ4v) is 2.66. The van der Waals surface area contributed by atoms with Crippen LogP contribution in [-0.4, -0.2) is 4.74 Å². The predicted molar refractivity (Wildman–Crippen MR) is 90.7 cm³/mol. The number of hydrogen-bond donors (Lipinski definition) is 2. The van der Waals surface area contributed by atoms with Crippen molar-refractivity contribution in [2.45, 2.75) is 20.8 Å². The third-order valence-electron chi connectivity index (χ3n) is 3.32. The molecule has 0 amide bonds. The minimum Gasteiger partial charge on any atom is -0.397 e. The van der Waals surface area contributed by atoms with E-state index in [-0.39, 0.29) is 0 Å². The number of nitrogen functional groups attached to an aromatic ring is 1. The van der Waals surface area contributed by atoms with E-state index in [1.807, 2.05) is 13.0 Å². The molecule has 104 valence electrons. The van der Waals surface area contributed by atoms with Crippen molar-refractivity contribution >= 4 is 32.0 Å². The van der Waals surface area contributed by atoms with E-state index in [2.05, 4.69) is 59.0 Å². The molecule has 4 N–H and O–H groups in total. The van der Waals surface area contributed by atoms with Crippen LogP contribution >= 0.6 is 15.9 Å². The highest BCUT2D eigenvalue weighted by molar-refractivity contribution is 9.18. The van der Waals surface area contributed by atoms with Gasteiger partial charge in [0, 0.05) is 0 Å². The lowest BCUT2D eigenvalue weighted by Crippen LogP contribution is -2.01. The Labute approximate surface area is 127 Å². The van der Waals surface area contributed by atoms with Crippen LogP contribution in [0.5, 0.6) is 0 Å². The molecule has 0 fully saturated rings. The van der Waals surface area contributed by atoms with Gasteiger partial charge >= 0.3 is 0 Å². The topological polar surface area (TPSA) is 64.4 Å². The molecule has 0 aromatic heterocycles. The minimum absolute atomic E-state index is 0.326. The number of anilines is 1. The Bertz CT molecular complexity index is 643. The van der Waals surface area contributed by atoms with Gasteiger partial charge in [0.2, 0.25) is 0 Å². The summed E-state index contributed by atoms with van der Waals surface area (Å²) in [6, 6.07) is 10.3. The van der Waals surface area contributed by atoms with Crippen LogP contribution in [0.3, 0.4) is 0 Å². The van der Waals surface area contributed by atoms with E-state index in [0.29, 0.717) is 10.4 Å². The number of rotatable bonds is 2. The standard InChI is InChI=1S/C16H18BrN3/c1-9-5-4-6-10(2)14(9)12-7-11(3)15(13(18)8-12)20-16(17)19/h4-8H,18H2,1-3H3,(H2,19,20). The SMILES string of the molecule is Cc1cc(-c2c(C)cccc2C)cc(N)c1N=C(N)Br. The van der Waals surface area contributed by atoms with Crippen molar-refractivity contribution in [1.29, 1.82) is 0 Å². The maximum atomic E-state index is 6.12. The Morgan fingerprint density at radius 3 is 2.15 bits per heavy atom. The second-order valence-electron chi connectivity index (χ2n) is 4.93. The van der Waals surface area contributed by atoms with Gasteiger partial charge in [-0.15, -0.1) is 0 Å². The molecule has 2 rings (SSSR count). The van der Waals surface area contributed by atoms with E-state index >= 15 is 0 Å². The Hall–Kier alpha value is -1.81. The van der Waals surface area contributed by atoms with Crippen molar-refractivity contribution in [1.82, 2.24) is 0 Å². The highest BCUT2D eigenvalue weighted by atomic mass is 79.9. The molecule has 0 aliphatic rings. The molecule has 2 aromatic rings. The summed E-state index contributed by atoms with van der Waals surface area (Å²) in [4.78, 5) is 4.22. The monoisotopic (exact) mass is 331 g/mol. The molecule has 2 aromatic carbocycles. The number of nitrogens with zero attached hydrogens (tertiary/aromatic N) is 1. The van der Waals surface area contributed by atoms with Crippen molar-refractivity contribution in [3.05, 3.63) is 47.0 Å². The number of halogens is 1. The fraction of sp³-hybridized carbons (Fsp3) is 0.188. The summed E-state index contributed by atoms with van der Waals surface area (Å²) in [6.45, 7) is 6.20. The van der Waals surface area contributed by atoms with Crippen LogP contribution in [0.4, 0.5) is 11.4 Å². The van der Waals surface area contributed by atoms with Crippen LogP contribution in [0.1, 0.15) is 16.7 Å². The first kappa shape index (κ1) is 14.6. The fourth-order valence-electron chi connectivity index (χ4n) is 2.48. The molecule has 0 bridgehead atoms. The lowest BCUT2D eigenvalue weighted by Gasteiger charge is -2.13. The first-order valence-corrected chi connectivity index (χ1v) is 7.16. The summed E-state index contributed by atoms with van der Waals surface area (Å²) < 4.78 is 0.326. The van der Waals surface area contributed by atoms with Gasteiger partial charge in [-0.05, 0) is 76.7 Å². The summed E-state index contributed by atoms with van der Waals surface area (Å²) in [7, 11) is 0. The Morgan fingerprint density at radius 1 is 1.05 bits per heavy atom. The summed E-state index contributed by atoms with van der Waals surface area (Å²) in [5.74, 6) is 0. The zero-order valence-corrected chi connectivity index (χ0v) is 13.5. The van der Waals surface area contributed by atoms with Crippen LogP contribution in [0.25, 0.3) is 11.1 Å². The van der Waals surface area contributed by atoms with Crippen LogP contribution < -0.4 is 11.5 Å². The van der Waals surface area contributed by atoms with Gasteiger partial charge in [-0.2, -0.15) is 0 Å². The number of aryl methyl sites for hydroxylation is 3. The highest BCUT2D eigenvalue weighted by Crippen LogP contribution is 2.35. The van der Waals surface area contributed by atoms with Gasteiger partial charge in [-0.3, -0.25) is 0 Å². The van der Waals surface area contributed by atoms with Gasteiger partial charge in [0.05, 0.1) is 11.4 Å². The molecular formula is C16H18BrN3. The Balaban J connectivity index is 2.64. The third-order valence-corrected chi connectivity index (χ3v) is 3.50. The van der Waals surface area contributed by atoms with E-state index in [9.17, 15) is 0 Å². The Kier molecular flexibility index (Phi) is 4.14. The van der Waals surface area contributed by atoms with Crippen LogP contribution in [0.2, 0.25) is 0 Å². The quantitative estimate of drug-likeness (QED) is 0.375. The van der Waals surface area contributed by atoms with Gasteiger partial charge in [0.15, 0.2) is 4.74 Å². The number of nitrogens with two attached hydrogens (primary N) is 2. The maximum absolute atomic E-state index is 6.12. The zero-order chi connectivity index (χ0) is 14.9. The summed E-state index contributed by atoms with van der Waals surface area (Å²) in [5, 5.41) is 0. The third kappa shape index (κ3) is 2.85. The molecule has 0 atom stereocenters. The first-order valence-electron chi connectivity index (χ1n) is 6.36. The molecule has 4 heteroatoms. The van der Waals surface area contributed by atoms with Gasteiger partial charge in [-0.1, -0.05) is 18.2 Å². The van der Waals surface area contributed by atoms with Crippen LogP contribution in [0.15, 0.2) is 35.3 Å². The Morgan fingerprint density at radius 2 is 1.65 bits per heavy atom. The van der Waals surface area contributed by atoms with Crippen molar-refractivity contribution in [3.8, 4) is 11.1 Å². The molecule has 20 heavy (non-hydrogen) atoms. The zero-order valence-electron chi connectivity index (χ0n) is 11.9. The predicted octanol–water partition coefficient (Wildman–Crippen LogP) is 4.20. The molecule has 3 nitrogen and oxygen atoms in total. The largest absolute Gasteiger partial charge is 0.397 e. The molecule has 0 saturated heterocycles. The lowest BCUT2D eigenvalue weighted by molar-refractivity contribution is 1.35. The second kappa shape index (κ2) is 5.67. The smallest absolute Gasteiger partial charge is 0.168 e. The van der Waals surface area contributed by atoms with Gasteiger partial charge in [0.1, 0.15) is 0 Å². The average Bonchev–Trinajstić information content (AvgIpc) is 2.33. The maximum Gasteiger partial charge on any atom is 0.168 e. The molecule has 0 spiro atoms. The molecule has 0 radical (unpaired) electrons. The van der Waals surface area contributed by atoms with Crippen molar-refractivity contribution in [2.24, 2.45) is 10.7 Å². The molecule has 0 aliphatic carbocycles. The van der Waals surface area contributed by atoms with Crippen LogP contribution in [-0.2, 0) is 0 Å². The average molecular weight is 332 g/mol. The number of aliphatic imine (C=N–C) groups is 1. The molecule has 0 saturated carbocycles. The number of amidine groups is 1. The van der Waals surface area contributed by atoms with E-state index in [1.165, 1.54) is 16.7 Å². The first-order chi connectivity index (χ1) is 9.40. The van der Waals surface area contributed by atoms with E-state index in [1.54, 1.807) is 0 Å². The lowest BCUT2D eigenvalue weighted by atomic mass is 9.94. The van der Waals surface area contributed by atoms with Gasteiger partial charge < -0.3 is 11.5 Å². The second-order valence-corrected chi connectivity index (χ2v) is 5.74. The molecule has 0 unspecified atom stereocenters. The van der Waals surface area contributed by atoms with E-state index in [0.717, 1.165) is 16.8 Å². The summed E-state index contributed by atoms with van der Waals surface area (Å²) in [5.41, 5.74) is 18.9. The van der Waals surface area contributed by atoms with Crippen molar-refractivity contribution in [2.75, 3.05) is 5.73 Å². The van der Waals surface area contributed by atoms with E-state index < -0.39 is 0 Å². The summed E-state index contributed by atoms with van der Waals surface area (Å²) in [6.07, 6.45) is 0. The summed E-state index contributed by atoms with van der Waals surface area (Å²) >= 11 is 3.14.